The number of aryl methyl sites for hydroxylation is 1. The molecule has 0 atom stereocenters. The van der Waals surface area contributed by atoms with Gasteiger partial charge >= 0.3 is 0 Å². The van der Waals surface area contributed by atoms with Crippen LogP contribution in [0.1, 0.15) is 17.0 Å². The molecule has 0 saturated carbocycles. The number of rotatable bonds is 7. The van der Waals surface area contributed by atoms with Crippen molar-refractivity contribution in [2.45, 2.75) is 26.1 Å². The Labute approximate surface area is 198 Å². The molecular formula is C24H22N8OSi. The molecule has 10 heteroatoms. The van der Waals surface area contributed by atoms with Crippen molar-refractivity contribution < 1.29 is 0 Å². The van der Waals surface area contributed by atoms with Gasteiger partial charge < -0.3 is 9.88 Å². The predicted octanol–water partition coefficient (Wildman–Crippen LogP) is 3.11. The van der Waals surface area contributed by atoms with Gasteiger partial charge in [-0.2, -0.15) is 10.4 Å². The molecule has 0 fully saturated rings. The lowest BCUT2D eigenvalue weighted by atomic mass is 10.2. The highest BCUT2D eigenvalue weighted by Gasteiger charge is 2.21. The summed E-state index contributed by atoms with van der Waals surface area (Å²) >= 11 is 0. The van der Waals surface area contributed by atoms with Gasteiger partial charge in [-0.25, -0.2) is 14.5 Å². The predicted molar refractivity (Wildman–Crippen MR) is 132 cm³/mol. The van der Waals surface area contributed by atoms with E-state index in [0.717, 1.165) is 26.8 Å². The Morgan fingerprint density at radius 3 is 2.79 bits per heavy atom. The van der Waals surface area contributed by atoms with Gasteiger partial charge in [-0.1, -0.05) is 24.7 Å². The number of nitriles is 1. The Morgan fingerprint density at radius 1 is 1.21 bits per heavy atom. The molecule has 0 aliphatic rings. The van der Waals surface area contributed by atoms with Gasteiger partial charge in [0, 0.05) is 28.5 Å². The molecule has 5 rings (SSSR count). The van der Waals surface area contributed by atoms with Crippen LogP contribution >= 0.6 is 0 Å². The summed E-state index contributed by atoms with van der Waals surface area (Å²) in [5, 5.41) is 15.2. The lowest BCUT2D eigenvalue weighted by Gasteiger charge is -2.25. The summed E-state index contributed by atoms with van der Waals surface area (Å²) in [5.41, 5.74) is 3.15. The van der Waals surface area contributed by atoms with E-state index in [1.807, 2.05) is 49.5 Å². The van der Waals surface area contributed by atoms with Gasteiger partial charge in [-0.3, -0.25) is 9.36 Å². The quantitative estimate of drug-likeness (QED) is 0.369. The van der Waals surface area contributed by atoms with Gasteiger partial charge in [0.15, 0.2) is 5.82 Å². The second-order valence-corrected chi connectivity index (χ2v) is 9.15. The zero-order valence-electron chi connectivity index (χ0n) is 18.9. The number of para-hydroxylation sites is 1. The van der Waals surface area contributed by atoms with Crippen LogP contribution in [0.5, 0.6) is 0 Å². The number of H-pyrrole nitrogens is 1. The average molecular weight is 467 g/mol. The van der Waals surface area contributed by atoms with E-state index >= 15 is 0 Å². The molecule has 168 valence electrons. The average Bonchev–Trinajstić information content (AvgIpc) is 3.45. The van der Waals surface area contributed by atoms with Crippen molar-refractivity contribution >= 4 is 31.9 Å². The second kappa shape index (κ2) is 8.96. The number of nitrogens with one attached hydrogen (secondary N) is 1. The number of hydrogen-bond acceptors (Lipinski definition) is 6. The van der Waals surface area contributed by atoms with E-state index in [0.29, 0.717) is 46.8 Å². The van der Waals surface area contributed by atoms with Crippen molar-refractivity contribution in [2.24, 2.45) is 0 Å². The van der Waals surface area contributed by atoms with Gasteiger partial charge in [-0.05, 0) is 36.7 Å². The highest BCUT2D eigenvalue weighted by atomic mass is 28.2. The minimum atomic E-state index is -0.122. The fraction of sp³-hybridized carbons (Fsp3) is 0.208. The highest BCUT2D eigenvalue weighted by molar-refractivity contribution is 6.33. The fourth-order valence-electron chi connectivity index (χ4n) is 4.16. The maximum absolute atomic E-state index is 13.6. The first-order valence-electron chi connectivity index (χ1n) is 10.9. The summed E-state index contributed by atoms with van der Waals surface area (Å²) in [5.74, 6) is 1.23. The van der Waals surface area contributed by atoms with Gasteiger partial charge in [0.2, 0.25) is 0 Å². The Hall–Kier alpha value is -4.23. The summed E-state index contributed by atoms with van der Waals surface area (Å²) in [6, 6.07) is 14.6. The third-order valence-corrected chi connectivity index (χ3v) is 6.53. The van der Waals surface area contributed by atoms with Gasteiger partial charge in [0.1, 0.15) is 29.4 Å². The smallest absolute Gasteiger partial charge is 0.282 e. The van der Waals surface area contributed by atoms with Gasteiger partial charge in [0.25, 0.3) is 5.56 Å². The Balaban J connectivity index is 1.71. The number of fused-ring (bicyclic) bond motifs is 2. The van der Waals surface area contributed by atoms with Gasteiger partial charge in [0.05, 0.1) is 23.2 Å². The minimum absolute atomic E-state index is 0.122. The Bertz CT molecular complexity index is 1580. The van der Waals surface area contributed by atoms with E-state index in [4.69, 9.17) is 5.10 Å². The third kappa shape index (κ3) is 3.66. The number of benzene rings is 1. The minimum Gasteiger partial charge on any atom is -0.349 e. The zero-order chi connectivity index (χ0) is 23.7. The van der Waals surface area contributed by atoms with Crippen molar-refractivity contribution in [1.29, 1.82) is 5.26 Å². The van der Waals surface area contributed by atoms with E-state index < -0.39 is 0 Å². The lowest BCUT2D eigenvalue weighted by molar-refractivity contribution is 0.684. The normalized spacial score (nSPS) is 11.2. The van der Waals surface area contributed by atoms with Crippen LogP contribution in [0.3, 0.4) is 0 Å². The molecule has 0 aliphatic carbocycles. The number of aromatic nitrogens is 6. The van der Waals surface area contributed by atoms with Crippen molar-refractivity contribution in [2.75, 3.05) is 11.4 Å². The molecule has 0 unspecified atom stereocenters. The van der Waals surface area contributed by atoms with Crippen molar-refractivity contribution in [3.05, 3.63) is 82.4 Å². The molecule has 4 aromatic heterocycles. The molecule has 9 nitrogen and oxygen atoms in total. The maximum atomic E-state index is 13.6. The standard InChI is InChI=1S/C24H22N8OSi/c1-16-8-9-31-21(16)24(33)32(18-6-4-3-5-7-18)19(29-31)14-30(10-11-34-2)23-20-17(12-25)13-26-22(20)27-15-28-23/h3-9,13,15H,10-11,14H2,1-2H3,(H,26,27,28). The second-order valence-electron chi connectivity index (χ2n) is 7.94. The van der Waals surface area contributed by atoms with Crippen LogP contribution in [0.2, 0.25) is 12.6 Å². The van der Waals surface area contributed by atoms with E-state index in [9.17, 15) is 10.1 Å². The summed E-state index contributed by atoms with van der Waals surface area (Å²) < 4.78 is 3.32. The summed E-state index contributed by atoms with van der Waals surface area (Å²) in [6.07, 6.45) is 4.95. The van der Waals surface area contributed by atoms with Crippen LogP contribution < -0.4 is 10.5 Å². The maximum Gasteiger partial charge on any atom is 0.282 e. The van der Waals surface area contributed by atoms with E-state index in [2.05, 4.69) is 32.5 Å². The molecule has 0 amide bonds. The first-order valence-corrected chi connectivity index (χ1v) is 12.6. The zero-order valence-corrected chi connectivity index (χ0v) is 19.9. The molecule has 34 heavy (non-hydrogen) atoms. The van der Waals surface area contributed by atoms with E-state index in [-0.39, 0.29) is 5.56 Å². The first kappa shape index (κ1) is 21.6. The highest BCUT2D eigenvalue weighted by Crippen LogP contribution is 2.27. The number of aromatic amines is 1. The first-order chi connectivity index (χ1) is 16.6. The summed E-state index contributed by atoms with van der Waals surface area (Å²) in [7, 11) is 0.742. The van der Waals surface area contributed by atoms with Crippen LogP contribution in [0, 0.1) is 18.3 Å². The largest absolute Gasteiger partial charge is 0.349 e. The van der Waals surface area contributed by atoms with E-state index in [1.54, 1.807) is 15.3 Å². The molecular weight excluding hydrogens is 444 g/mol. The topological polar surface area (TPSA) is 108 Å². The monoisotopic (exact) mass is 466 g/mol. The van der Waals surface area contributed by atoms with Crippen LogP contribution in [-0.2, 0) is 6.54 Å². The SMILES string of the molecule is C[Si]CCN(Cc1nn2ccc(C)c2c(=O)n1-c1ccccc1)c1ncnc2[nH]cc(C#N)c12. The van der Waals surface area contributed by atoms with Gasteiger partial charge in [-0.15, -0.1) is 0 Å². The Kier molecular flexibility index (Phi) is 5.69. The van der Waals surface area contributed by atoms with E-state index in [1.165, 1.54) is 6.33 Å². The number of nitrogens with zero attached hydrogens (tertiary/aromatic N) is 7. The molecule has 1 aromatic carbocycles. The molecule has 5 aromatic rings. The molecule has 4 heterocycles. The van der Waals surface area contributed by atoms with Crippen LogP contribution in [0.15, 0.2) is 59.9 Å². The molecule has 1 N–H and O–H groups in total. The lowest BCUT2D eigenvalue weighted by Crippen LogP contribution is -2.33. The van der Waals surface area contributed by atoms with Crippen molar-refractivity contribution in [3.63, 3.8) is 0 Å². The number of anilines is 1. The van der Waals surface area contributed by atoms with Crippen molar-refractivity contribution in [3.8, 4) is 11.8 Å². The molecule has 0 bridgehead atoms. The summed E-state index contributed by atoms with van der Waals surface area (Å²) in [6.45, 7) is 5.10. The molecule has 0 spiro atoms. The van der Waals surface area contributed by atoms with Crippen LogP contribution in [0.4, 0.5) is 5.82 Å². The van der Waals surface area contributed by atoms with Crippen molar-refractivity contribution in [1.82, 2.24) is 29.1 Å². The number of hydrogen-bond donors (Lipinski definition) is 1. The van der Waals surface area contributed by atoms with Crippen LogP contribution in [0.25, 0.3) is 22.2 Å². The molecule has 2 radical (unpaired) electrons. The summed E-state index contributed by atoms with van der Waals surface area (Å²) in [4.78, 5) is 27.6. The fourth-order valence-corrected chi connectivity index (χ4v) is 4.65. The third-order valence-electron chi connectivity index (χ3n) is 5.80. The molecule has 0 aliphatic heterocycles. The van der Waals surface area contributed by atoms with Crippen LogP contribution in [-0.4, -0.2) is 45.2 Å². The Morgan fingerprint density at radius 2 is 2.03 bits per heavy atom. The molecule has 0 saturated heterocycles.